The molecule has 3 rings (SSSR count). The van der Waals surface area contributed by atoms with E-state index < -0.39 is 59.3 Å². The summed E-state index contributed by atoms with van der Waals surface area (Å²) in [6.07, 6.45) is 0. The normalized spacial score (nSPS) is 12.0. The van der Waals surface area contributed by atoms with Crippen LogP contribution >= 0.6 is 0 Å². The van der Waals surface area contributed by atoms with Crippen LogP contribution in [0.3, 0.4) is 0 Å². The monoisotopic (exact) mass is 730 g/mol. The van der Waals surface area contributed by atoms with E-state index in [0.717, 1.165) is 35.2 Å². The van der Waals surface area contributed by atoms with Gasteiger partial charge in [-0.1, -0.05) is 0 Å². The predicted octanol–water partition coefficient (Wildman–Crippen LogP) is 4.58. The SMILES string of the molecule is CCOC(=O)c1ccc(C(=O)OC)cc1N=NC(C(C)=O)C(=O)Nc1ccc(NC(=O)C(N=Nc2cc(C(=O)OC)ccc2C(=O)OC)C(C)=O)cc1. The molecule has 2 N–H and O–H groups in total. The van der Waals surface area contributed by atoms with Crippen molar-refractivity contribution in [1.29, 1.82) is 0 Å². The van der Waals surface area contributed by atoms with Gasteiger partial charge in [0.1, 0.15) is 11.4 Å². The van der Waals surface area contributed by atoms with Crippen molar-refractivity contribution in [2.75, 3.05) is 38.6 Å². The number of benzene rings is 3. The van der Waals surface area contributed by atoms with E-state index in [2.05, 4.69) is 35.8 Å². The summed E-state index contributed by atoms with van der Waals surface area (Å²) in [5.74, 6) is -6.21. The summed E-state index contributed by atoms with van der Waals surface area (Å²) in [5.41, 5.74) is -0.0560. The molecule has 0 aliphatic rings. The average molecular weight is 731 g/mol. The van der Waals surface area contributed by atoms with Crippen molar-refractivity contribution >= 4 is 70.0 Å². The van der Waals surface area contributed by atoms with Gasteiger partial charge in [0.2, 0.25) is 12.1 Å². The molecule has 2 atom stereocenters. The first kappa shape index (κ1) is 40.4. The van der Waals surface area contributed by atoms with E-state index in [1.54, 1.807) is 6.92 Å². The number of hydrogen-bond acceptors (Lipinski definition) is 16. The Hall–Kier alpha value is -6.98. The lowest BCUT2D eigenvalue weighted by Crippen LogP contribution is -2.32. The molecule has 0 saturated carbocycles. The largest absolute Gasteiger partial charge is 0.465 e. The van der Waals surface area contributed by atoms with Gasteiger partial charge in [-0.05, 0) is 81.4 Å². The Bertz CT molecular complexity index is 1990. The van der Waals surface area contributed by atoms with Crippen LogP contribution in [0.2, 0.25) is 0 Å². The number of nitrogens with one attached hydrogen (secondary N) is 2. The number of ketones is 2. The van der Waals surface area contributed by atoms with Crippen molar-refractivity contribution < 1.29 is 57.3 Å². The van der Waals surface area contributed by atoms with Crippen molar-refractivity contribution in [3.63, 3.8) is 0 Å². The van der Waals surface area contributed by atoms with Gasteiger partial charge in [0.15, 0.2) is 11.6 Å². The minimum atomic E-state index is -1.67. The molecule has 0 aliphatic heterocycles. The molecule has 0 bridgehead atoms. The maximum Gasteiger partial charge on any atom is 0.340 e. The molecule has 0 aliphatic carbocycles. The predicted molar refractivity (Wildman–Crippen MR) is 185 cm³/mol. The molecular formula is C35H34N6O12. The maximum atomic E-state index is 13.1. The minimum absolute atomic E-state index is 0.0244. The number of amides is 2. The Balaban J connectivity index is 1.78. The van der Waals surface area contributed by atoms with Crippen molar-refractivity contribution in [2.45, 2.75) is 32.9 Å². The van der Waals surface area contributed by atoms with Crippen LogP contribution in [-0.4, -0.2) is 87.3 Å². The smallest absolute Gasteiger partial charge is 0.340 e. The molecule has 0 radical (unpaired) electrons. The quantitative estimate of drug-likeness (QED) is 0.0944. The highest BCUT2D eigenvalue weighted by Gasteiger charge is 2.26. The number of carbonyl (C=O) groups is 8. The number of methoxy groups -OCH3 is 3. The minimum Gasteiger partial charge on any atom is -0.465 e. The molecule has 18 nitrogen and oxygen atoms in total. The fourth-order valence-electron chi connectivity index (χ4n) is 4.32. The molecule has 2 unspecified atom stereocenters. The number of azo groups is 2. The van der Waals surface area contributed by atoms with Crippen LogP contribution in [0.15, 0.2) is 81.1 Å². The number of carbonyl (C=O) groups excluding carboxylic acids is 8. The third-order valence-corrected chi connectivity index (χ3v) is 6.99. The summed E-state index contributed by atoms with van der Waals surface area (Å²) < 4.78 is 19.1. The average Bonchev–Trinajstić information content (AvgIpc) is 3.14. The summed E-state index contributed by atoms with van der Waals surface area (Å²) in [6.45, 7) is 3.85. The van der Waals surface area contributed by atoms with Crippen molar-refractivity contribution in [2.24, 2.45) is 20.5 Å². The lowest BCUT2D eigenvalue weighted by Gasteiger charge is -2.12. The van der Waals surface area contributed by atoms with Crippen LogP contribution in [0, 0.1) is 0 Å². The molecule has 53 heavy (non-hydrogen) atoms. The third kappa shape index (κ3) is 10.8. The van der Waals surface area contributed by atoms with Crippen molar-refractivity contribution in [3.8, 4) is 0 Å². The fourth-order valence-corrected chi connectivity index (χ4v) is 4.32. The molecule has 3 aromatic carbocycles. The van der Waals surface area contributed by atoms with Gasteiger partial charge in [-0.25, -0.2) is 19.2 Å². The van der Waals surface area contributed by atoms with Crippen LogP contribution in [0.4, 0.5) is 22.7 Å². The van der Waals surface area contributed by atoms with Gasteiger partial charge in [-0.15, -0.1) is 0 Å². The number of hydrogen-bond donors (Lipinski definition) is 2. The number of rotatable bonds is 15. The Labute approximate surface area is 301 Å². The van der Waals surface area contributed by atoms with Crippen molar-refractivity contribution in [3.05, 3.63) is 82.9 Å². The highest BCUT2D eigenvalue weighted by Crippen LogP contribution is 2.26. The summed E-state index contributed by atoms with van der Waals surface area (Å²) in [7, 11) is 3.45. The first-order valence-electron chi connectivity index (χ1n) is 15.5. The van der Waals surface area contributed by atoms with E-state index in [9.17, 15) is 38.4 Å². The third-order valence-electron chi connectivity index (χ3n) is 6.99. The second-order valence-corrected chi connectivity index (χ2v) is 10.7. The van der Waals surface area contributed by atoms with E-state index in [1.165, 1.54) is 60.7 Å². The van der Waals surface area contributed by atoms with Crippen LogP contribution < -0.4 is 10.6 Å². The molecule has 0 aromatic heterocycles. The van der Waals surface area contributed by atoms with Gasteiger partial charge >= 0.3 is 23.9 Å². The number of ether oxygens (including phenoxy) is 4. The maximum absolute atomic E-state index is 13.1. The van der Waals surface area contributed by atoms with E-state index >= 15 is 0 Å². The van der Waals surface area contributed by atoms with E-state index in [1.807, 2.05) is 0 Å². The lowest BCUT2D eigenvalue weighted by molar-refractivity contribution is -0.127. The molecule has 0 heterocycles. The zero-order valence-electron chi connectivity index (χ0n) is 29.3. The molecule has 0 spiro atoms. The van der Waals surface area contributed by atoms with E-state index in [0.29, 0.717) is 0 Å². The first-order valence-corrected chi connectivity index (χ1v) is 15.5. The molecule has 276 valence electrons. The molecular weight excluding hydrogens is 696 g/mol. The van der Waals surface area contributed by atoms with Gasteiger partial charge in [0.25, 0.3) is 11.8 Å². The number of anilines is 2. The molecule has 0 saturated heterocycles. The Morgan fingerprint density at radius 2 is 0.943 bits per heavy atom. The zero-order chi connectivity index (χ0) is 39.2. The van der Waals surface area contributed by atoms with E-state index in [-0.39, 0.29) is 51.6 Å². The van der Waals surface area contributed by atoms with Gasteiger partial charge in [-0.2, -0.15) is 20.5 Å². The topological polar surface area (TPSA) is 247 Å². The van der Waals surface area contributed by atoms with Crippen LogP contribution in [0.25, 0.3) is 0 Å². The number of nitrogens with zero attached hydrogens (tertiary/aromatic N) is 4. The standard InChI is InChI=1S/C35H34N6O12/c1-7-53-35(49)25-15-9-21(33(47)51-5)17-27(25)39-41-29(19(3)43)31(45)37-23-12-10-22(11-13-23)36-30(44)28(18(2)42)40-38-26-16-20(32(46)50-4)8-14-24(26)34(48)52-6/h8-17,28-29H,7H2,1-6H3,(H,36,44)(H,37,45). The Kier molecular flexibility index (Phi) is 14.4. The highest BCUT2D eigenvalue weighted by molar-refractivity contribution is 6.11. The Morgan fingerprint density at radius 3 is 1.28 bits per heavy atom. The van der Waals surface area contributed by atoms with Crippen molar-refractivity contribution in [1.82, 2.24) is 0 Å². The first-order chi connectivity index (χ1) is 25.2. The van der Waals surface area contributed by atoms with E-state index in [4.69, 9.17) is 14.2 Å². The molecule has 18 heteroatoms. The Morgan fingerprint density at radius 1 is 0.566 bits per heavy atom. The highest BCUT2D eigenvalue weighted by atomic mass is 16.5. The summed E-state index contributed by atoms with van der Waals surface area (Å²) >= 11 is 0. The molecule has 0 fully saturated rings. The zero-order valence-corrected chi connectivity index (χ0v) is 29.3. The summed E-state index contributed by atoms with van der Waals surface area (Å²) in [6, 6.07) is 9.73. The van der Waals surface area contributed by atoms with Gasteiger partial charge < -0.3 is 29.6 Å². The van der Waals surface area contributed by atoms with Gasteiger partial charge in [0.05, 0.1) is 50.2 Å². The summed E-state index contributed by atoms with van der Waals surface area (Å²) in [5, 5.41) is 20.4. The van der Waals surface area contributed by atoms with Gasteiger partial charge in [0, 0.05) is 11.4 Å². The molecule has 2 amide bonds. The molecule has 3 aromatic rings. The number of esters is 4. The fraction of sp³-hybridized carbons (Fsp3) is 0.257. The van der Waals surface area contributed by atoms with Crippen LogP contribution in [-0.2, 0) is 38.1 Å². The van der Waals surface area contributed by atoms with Crippen LogP contribution in [0.1, 0.15) is 62.2 Å². The lowest BCUT2D eigenvalue weighted by atomic mass is 10.1. The second kappa shape index (κ2) is 18.9. The van der Waals surface area contributed by atoms with Crippen LogP contribution in [0.5, 0.6) is 0 Å². The van der Waals surface area contributed by atoms with Gasteiger partial charge in [-0.3, -0.25) is 19.2 Å². The second-order valence-electron chi connectivity index (χ2n) is 10.7. The number of Topliss-reactive ketones (excluding diaryl/α,β-unsaturated/α-hetero) is 2. The summed E-state index contributed by atoms with van der Waals surface area (Å²) in [4.78, 5) is 99.5.